The Kier molecular flexibility index (Phi) is 8.70. The number of amides is 2. The zero-order chi connectivity index (χ0) is 26.4. The van der Waals surface area contributed by atoms with Crippen molar-refractivity contribution in [2.24, 2.45) is 11.7 Å². The van der Waals surface area contributed by atoms with Gasteiger partial charge in [0.15, 0.2) is 0 Å². The molecule has 4 rings (SSSR count). The van der Waals surface area contributed by atoms with Crippen molar-refractivity contribution in [1.29, 1.82) is 0 Å². The van der Waals surface area contributed by atoms with Crippen LogP contribution in [0.2, 0.25) is 0 Å². The first-order valence-corrected chi connectivity index (χ1v) is 12.6. The lowest BCUT2D eigenvalue weighted by atomic mass is 9.88. The molecule has 5 N–H and O–H groups in total. The molecule has 0 unspecified atom stereocenters. The van der Waals surface area contributed by atoms with Crippen molar-refractivity contribution >= 4 is 22.7 Å². The molecule has 1 aromatic heterocycles. The van der Waals surface area contributed by atoms with Crippen LogP contribution in [0.15, 0.2) is 54.6 Å². The van der Waals surface area contributed by atoms with Crippen molar-refractivity contribution in [3.05, 3.63) is 71.4 Å². The number of likely N-dealkylation sites (tertiary alicyclic amines) is 1. The molecule has 3 aromatic rings. The van der Waals surface area contributed by atoms with Crippen LogP contribution in [0, 0.1) is 12.8 Å². The van der Waals surface area contributed by atoms with Crippen LogP contribution in [-0.2, 0) is 11.4 Å². The summed E-state index contributed by atoms with van der Waals surface area (Å²) >= 11 is 0. The second-order valence-electron chi connectivity index (χ2n) is 9.86. The molecular formula is C28H35N5O4. The van der Waals surface area contributed by atoms with Crippen LogP contribution in [0.25, 0.3) is 10.9 Å². The van der Waals surface area contributed by atoms with Gasteiger partial charge in [-0.3, -0.25) is 24.7 Å². The quantitative estimate of drug-likeness (QED) is 0.260. The van der Waals surface area contributed by atoms with Gasteiger partial charge in [-0.15, -0.1) is 0 Å². The van der Waals surface area contributed by atoms with Gasteiger partial charge in [0.05, 0.1) is 5.52 Å². The molecule has 2 aromatic carbocycles. The van der Waals surface area contributed by atoms with E-state index in [2.05, 4.69) is 15.2 Å². The summed E-state index contributed by atoms with van der Waals surface area (Å²) in [4.78, 5) is 31.6. The van der Waals surface area contributed by atoms with Gasteiger partial charge < -0.3 is 15.8 Å². The monoisotopic (exact) mass is 505 g/mol. The molecule has 1 aliphatic rings. The first kappa shape index (κ1) is 26.5. The number of nitrogens with zero attached hydrogens (tertiary/aromatic N) is 2. The minimum Gasteiger partial charge on any atom is -0.489 e. The number of fused-ring (bicyclic) bond motifs is 1. The standard InChI is InChI=1S/C28H35N5O4/c1-18(29)15-33-12-11-21(14-27(34)32-36)26(16-33)31-28(35)20-7-9-23(10-8-20)37-17-22-13-19(2)30-25-6-4-3-5-24(22)25/h3-10,13,18,21,26,36H,11-12,14-17,29H2,1-2H3,(H,31,35)(H,32,34)/t18-,21-,26+/m0/s1. The third-order valence-electron chi connectivity index (χ3n) is 6.72. The zero-order valence-electron chi connectivity index (χ0n) is 21.3. The Morgan fingerprint density at radius 2 is 1.97 bits per heavy atom. The van der Waals surface area contributed by atoms with Gasteiger partial charge in [-0.2, -0.15) is 0 Å². The number of rotatable bonds is 9. The van der Waals surface area contributed by atoms with E-state index in [1.165, 1.54) is 0 Å². The van der Waals surface area contributed by atoms with Crippen LogP contribution < -0.4 is 21.3 Å². The Morgan fingerprint density at radius 3 is 2.70 bits per heavy atom. The number of carbonyl (C=O) groups is 2. The summed E-state index contributed by atoms with van der Waals surface area (Å²) in [5.41, 5.74) is 11.1. The van der Waals surface area contributed by atoms with Gasteiger partial charge in [0.2, 0.25) is 5.91 Å². The third-order valence-corrected chi connectivity index (χ3v) is 6.72. The highest BCUT2D eigenvalue weighted by Crippen LogP contribution is 2.23. The minimum absolute atomic E-state index is 0.00948. The topological polar surface area (TPSA) is 130 Å². The molecule has 9 nitrogen and oxygen atoms in total. The van der Waals surface area contributed by atoms with E-state index in [0.29, 0.717) is 31.0 Å². The number of hydrogen-bond acceptors (Lipinski definition) is 7. The van der Waals surface area contributed by atoms with Crippen molar-refractivity contribution in [1.82, 2.24) is 20.7 Å². The maximum atomic E-state index is 13.1. The van der Waals surface area contributed by atoms with Gasteiger partial charge in [-0.05, 0) is 69.1 Å². The lowest BCUT2D eigenvalue weighted by molar-refractivity contribution is -0.130. The Balaban J connectivity index is 1.40. The van der Waals surface area contributed by atoms with Crippen LogP contribution in [0.4, 0.5) is 0 Å². The normalized spacial score (nSPS) is 18.8. The fourth-order valence-corrected chi connectivity index (χ4v) is 4.96. The molecule has 3 atom stereocenters. The van der Waals surface area contributed by atoms with Crippen molar-refractivity contribution < 1.29 is 19.5 Å². The van der Waals surface area contributed by atoms with E-state index in [4.69, 9.17) is 15.7 Å². The van der Waals surface area contributed by atoms with Gasteiger partial charge in [-0.25, -0.2) is 5.48 Å². The van der Waals surface area contributed by atoms with Crippen LogP contribution in [0.3, 0.4) is 0 Å². The van der Waals surface area contributed by atoms with Gasteiger partial charge >= 0.3 is 0 Å². The largest absolute Gasteiger partial charge is 0.489 e. The molecule has 0 saturated carbocycles. The van der Waals surface area contributed by atoms with Gasteiger partial charge in [0.1, 0.15) is 12.4 Å². The van der Waals surface area contributed by atoms with E-state index in [1.807, 2.05) is 44.2 Å². The lowest BCUT2D eigenvalue weighted by Crippen LogP contribution is -2.55. The minimum atomic E-state index is -0.455. The highest BCUT2D eigenvalue weighted by molar-refractivity contribution is 5.94. The van der Waals surface area contributed by atoms with Crippen molar-refractivity contribution in [3.63, 3.8) is 0 Å². The first-order valence-electron chi connectivity index (χ1n) is 12.6. The maximum Gasteiger partial charge on any atom is 0.251 e. The molecule has 37 heavy (non-hydrogen) atoms. The van der Waals surface area contributed by atoms with Gasteiger partial charge in [0.25, 0.3) is 5.91 Å². The average molecular weight is 506 g/mol. The van der Waals surface area contributed by atoms with Gasteiger partial charge in [0, 0.05) is 53.8 Å². The molecule has 9 heteroatoms. The Labute approximate surface area is 217 Å². The molecule has 0 aliphatic carbocycles. The molecule has 1 saturated heterocycles. The second kappa shape index (κ2) is 12.1. The summed E-state index contributed by atoms with van der Waals surface area (Å²) in [6.07, 6.45) is 0.866. The summed E-state index contributed by atoms with van der Waals surface area (Å²) in [5, 5.41) is 13.1. The molecule has 1 aliphatic heterocycles. The average Bonchev–Trinajstić information content (AvgIpc) is 2.88. The first-order chi connectivity index (χ1) is 17.8. The summed E-state index contributed by atoms with van der Waals surface area (Å²) in [6.45, 7) is 6.39. The summed E-state index contributed by atoms with van der Waals surface area (Å²) < 4.78 is 6.02. The molecule has 2 amide bonds. The summed E-state index contributed by atoms with van der Waals surface area (Å²) in [7, 11) is 0. The molecule has 0 bridgehead atoms. The third kappa shape index (κ3) is 7.03. The van der Waals surface area contributed by atoms with Crippen molar-refractivity contribution in [3.8, 4) is 5.75 Å². The van der Waals surface area contributed by atoms with E-state index in [-0.39, 0.29) is 30.3 Å². The Hall–Kier alpha value is -3.53. The highest BCUT2D eigenvalue weighted by atomic mass is 16.5. The number of aromatic nitrogens is 1. The number of nitrogens with one attached hydrogen (secondary N) is 2. The van der Waals surface area contributed by atoms with Crippen LogP contribution in [-0.4, -0.2) is 58.6 Å². The van der Waals surface area contributed by atoms with Crippen LogP contribution in [0.1, 0.15) is 41.4 Å². The molecule has 1 fully saturated rings. The Morgan fingerprint density at radius 1 is 1.22 bits per heavy atom. The molecule has 0 spiro atoms. The summed E-state index contributed by atoms with van der Waals surface area (Å²) in [6, 6.07) is 16.8. The number of aryl methyl sites for hydroxylation is 1. The van der Waals surface area contributed by atoms with Crippen molar-refractivity contribution in [2.75, 3.05) is 19.6 Å². The number of carbonyl (C=O) groups excluding carboxylic acids is 2. The Bertz CT molecular complexity index is 1230. The fourth-order valence-electron chi connectivity index (χ4n) is 4.96. The van der Waals surface area contributed by atoms with Crippen molar-refractivity contribution in [2.45, 2.75) is 45.4 Å². The predicted octanol–water partition coefficient (Wildman–Crippen LogP) is 2.79. The van der Waals surface area contributed by atoms with E-state index in [9.17, 15) is 9.59 Å². The number of benzene rings is 2. The van der Waals surface area contributed by atoms with E-state index < -0.39 is 5.91 Å². The number of nitrogens with two attached hydrogens (primary N) is 1. The smallest absolute Gasteiger partial charge is 0.251 e. The lowest BCUT2D eigenvalue weighted by Gasteiger charge is -2.39. The number of hydrogen-bond donors (Lipinski definition) is 4. The number of piperidine rings is 1. The SMILES string of the molecule is Cc1cc(COc2ccc(C(=O)N[C@@H]3CN(C[C@H](C)N)CC[C@H]3CC(=O)NO)cc2)c2ccccc2n1. The predicted molar refractivity (Wildman–Crippen MR) is 141 cm³/mol. The number of para-hydroxylation sites is 1. The second-order valence-corrected chi connectivity index (χ2v) is 9.86. The maximum absolute atomic E-state index is 13.1. The van der Waals surface area contributed by atoms with E-state index in [1.54, 1.807) is 29.7 Å². The number of ether oxygens (including phenoxy) is 1. The van der Waals surface area contributed by atoms with Crippen LogP contribution >= 0.6 is 0 Å². The molecule has 2 heterocycles. The van der Waals surface area contributed by atoms with E-state index >= 15 is 0 Å². The zero-order valence-corrected chi connectivity index (χ0v) is 21.3. The molecule has 0 radical (unpaired) electrons. The summed E-state index contributed by atoms with van der Waals surface area (Å²) in [5.74, 6) is -0.0945. The van der Waals surface area contributed by atoms with Crippen LogP contribution in [0.5, 0.6) is 5.75 Å². The molecule has 196 valence electrons. The highest BCUT2D eigenvalue weighted by Gasteiger charge is 2.32. The number of hydroxylamine groups is 1. The molecular weight excluding hydrogens is 470 g/mol. The van der Waals surface area contributed by atoms with Gasteiger partial charge in [-0.1, -0.05) is 18.2 Å². The van der Waals surface area contributed by atoms with E-state index in [0.717, 1.165) is 35.1 Å². The fraction of sp³-hybridized carbons (Fsp3) is 0.393. The number of pyridine rings is 1.